The molecule has 0 aliphatic heterocycles. The van der Waals surface area contributed by atoms with Gasteiger partial charge in [-0.15, -0.1) is 0 Å². The van der Waals surface area contributed by atoms with Crippen LogP contribution in [0.3, 0.4) is 0 Å². The van der Waals surface area contributed by atoms with Crippen molar-refractivity contribution < 1.29 is 42.9 Å². The molecular formula is C79H147NO8. The summed E-state index contributed by atoms with van der Waals surface area (Å²) in [5.41, 5.74) is 0. The van der Waals surface area contributed by atoms with Gasteiger partial charge in [0.2, 0.25) is 0 Å². The van der Waals surface area contributed by atoms with E-state index >= 15 is 0 Å². The van der Waals surface area contributed by atoms with Crippen LogP contribution in [0.1, 0.15) is 380 Å². The molecule has 0 aromatic rings. The van der Waals surface area contributed by atoms with Crippen LogP contribution in [0.25, 0.3) is 0 Å². The van der Waals surface area contributed by atoms with Gasteiger partial charge in [0.05, 0.1) is 40.3 Å². The maximum Gasteiger partial charge on any atom is 0.306 e. The minimum absolute atomic E-state index is 0.151. The van der Waals surface area contributed by atoms with Crippen LogP contribution in [0.2, 0.25) is 0 Å². The van der Waals surface area contributed by atoms with Gasteiger partial charge in [0.25, 0.3) is 0 Å². The molecule has 0 radical (unpaired) electrons. The van der Waals surface area contributed by atoms with E-state index in [2.05, 4.69) is 62.5 Å². The number of unbranched alkanes of at least 4 members (excludes halogenated alkanes) is 49. The second-order valence-corrected chi connectivity index (χ2v) is 27.3. The predicted molar refractivity (Wildman–Crippen MR) is 376 cm³/mol. The van der Waals surface area contributed by atoms with Crippen LogP contribution in [-0.2, 0) is 33.3 Å². The topological polar surface area (TPSA) is 111 Å². The van der Waals surface area contributed by atoms with Crippen molar-refractivity contribution in [1.29, 1.82) is 0 Å². The zero-order valence-electron chi connectivity index (χ0n) is 59.1. The fourth-order valence-electron chi connectivity index (χ4n) is 11.5. The van der Waals surface area contributed by atoms with E-state index in [-0.39, 0.29) is 32.2 Å². The van der Waals surface area contributed by atoms with Gasteiger partial charge in [-0.3, -0.25) is 9.59 Å². The molecule has 516 valence electrons. The van der Waals surface area contributed by atoms with E-state index in [4.69, 9.17) is 18.9 Å². The lowest BCUT2D eigenvalue weighted by Crippen LogP contribution is -2.44. The molecule has 0 aromatic carbocycles. The van der Waals surface area contributed by atoms with Crippen LogP contribution in [0, 0.1) is 0 Å². The number of aliphatic carboxylic acids is 1. The first-order chi connectivity index (χ1) is 43.1. The van der Waals surface area contributed by atoms with E-state index in [1.807, 2.05) is 21.1 Å². The summed E-state index contributed by atoms with van der Waals surface area (Å²) < 4.78 is 22.9. The number of carboxylic acid groups (broad SMARTS) is 1. The third kappa shape index (κ3) is 70.7. The van der Waals surface area contributed by atoms with Gasteiger partial charge in [-0.2, -0.15) is 0 Å². The number of allylic oxidation sites excluding steroid dienone is 8. The molecule has 9 heteroatoms. The van der Waals surface area contributed by atoms with Gasteiger partial charge in [-0.25, -0.2) is 0 Å². The Morgan fingerprint density at radius 1 is 0.352 bits per heavy atom. The van der Waals surface area contributed by atoms with Crippen molar-refractivity contribution in [2.24, 2.45) is 0 Å². The van der Waals surface area contributed by atoms with Crippen LogP contribution < -0.4 is 5.11 Å². The smallest absolute Gasteiger partial charge is 0.306 e. The number of likely N-dealkylation sites (N-methyl/N-ethyl adjacent to an activating group) is 1. The molecule has 0 aliphatic carbocycles. The monoisotopic (exact) mass is 1240 g/mol. The Balaban J connectivity index is 3.98. The molecule has 0 fully saturated rings. The Bertz CT molecular complexity index is 1580. The standard InChI is InChI=1S/C79H147NO8/c1-6-8-10-12-14-16-18-20-22-24-26-28-30-32-34-35-36-37-38-39-40-41-42-43-44-46-48-50-52-54-56-58-60-62-64-66-68-70-77(82)88-75(74-87-79(78(83)84)85-72-71-80(3,4)5)73-86-76(81)69-67-65-63-61-59-57-55-53-51-49-47-45-33-31-29-27-25-23-21-19-17-15-13-11-9-7-2/h8,10,14,16,20,22,26,28,75,79H,6-7,9,11-13,15,17-19,21,23-25,27,29-74H2,1-5H3/b10-8-,16-14-,22-20-,28-26-. The highest BCUT2D eigenvalue weighted by atomic mass is 16.7. The summed E-state index contributed by atoms with van der Waals surface area (Å²) in [6.45, 7) is 4.71. The maximum absolute atomic E-state index is 13.0. The van der Waals surface area contributed by atoms with Crippen molar-refractivity contribution in [3.8, 4) is 0 Å². The zero-order chi connectivity index (χ0) is 64.0. The molecule has 0 bridgehead atoms. The molecule has 0 heterocycles. The van der Waals surface area contributed by atoms with Gasteiger partial charge in [0.1, 0.15) is 13.2 Å². The van der Waals surface area contributed by atoms with E-state index < -0.39 is 24.3 Å². The maximum atomic E-state index is 13.0. The van der Waals surface area contributed by atoms with Crippen molar-refractivity contribution in [3.05, 3.63) is 48.6 Å². The molecule has 2 unspecified atom stereocenters. The fraction of sp³-hybridized carbons (Fsp3) is 0.861. The number of carboxylic acids is 1. The highest BCUT2D eigenvalue weighted by molar-refractivity contribution is 5.70. The quantitative estimate of drug-likeness (QED) is 0.0195. The number of esters is 2. The van der Waals surface area contributed by atoms with Crippen LogP contribution in [0.4, 0.5) is 0 Å². The van der Waals surface area contributed by atoms with Crippen molar-refractivity contribution in [2.45, 2.75) is 392 Å². The molecule has 0 aromatic heterocycles. The van der Waals surface area contributed by atoms with Gasteiger partial charge in [0.15, 0.2) is 12.4 Å². The molecule has 0 saturated carbocycles. The second kappa shape index (κ2) is 70.1. The molecular weight excluding hydrogens is 1090 g/mol. The molecule has 0 amide bonds. The SMILES string of the molecule is CC/C=C\C/C=C\C/C=C\C/C=C\CCCCCCCCCCCCCCCCCCCCCCCCCCC(=O)OC(COC(=O)CCCCCCCCCCCCCCCCCCCCCCCCCCCC)COC(OCC[N+](C)(C)C)C(=O)[O-]. The highest BCUT2D eigenvalue weighted by Crippen LogP contribution is 2.20. The Labute approximate surface area is 546 Å². The van der Waals surface area contributed by atoms with Crippen molar-refractivity contribution in [2.75, 3.05) is 47.5 Å². The lowest BCUT2D eigenvalue weighted by atomic mass is 10.0. The summed E-state index contributed by atoms with van der Waals surface area (Å²) >= 11 is 0. The predicted octanol–water partition coefficient (Wildman–Crippen LogP) is 22.8. The molecule has 0 N–H and O–H groups in total. The average molecular weight is 1240 g/mol. The zero-order valence-corrected chi connectivity index (χ0v) is 59.1. The third-order valence-electron chi connectivity index (χ3n) is 17.3. The van der Waals surface area contributed by atoms with Gasteiger partial charge in [-0.1, -0.05) is 364 Å². The van der Waals surface area contributed by atoms with Gasteiger partial charge in [-0.05, 0) is 51.4 Å². The number of carbonyl (C=O) groups is 3. The molecule has 2 atom stereocenters. The van der Waals surface area contributed by atoms with E-state index in [0.717, 1.165) is 64.2 Å². The summed E-state index contributed by atoms with van der Waals surface area (Å²) in [5, 5.41) is 11.8. The van der Waals surface area contributed by atoms with Crippen LogP contribution >= 0.6 is 0 Å². The molecule has 0 rings (SSSR count). The van der Waals surface area contributed by atoms with Gasteiger partial charge < -0.3 is 33.3 Å². The van der Waals surface area contributed by atoms with E-state index in [1.165, 1.54) is 289 Å². The van der Waals surface area contributed by atoms with Crippen LogP contribution in [0.15, 0.2) is 48.6 Å². The van der Waals surface area contributed by atoms with Crippen LogP contribution in [-0.4, -0.2) is 82.3 Å². The van der Waals surface area contributed by atoms with E-state index in [9.17, 15) is 19.5 Å². The van der Waals surface area contributed by atoms with E-state index in [0.29, 0.717) is 17.4 Å². The Morgan fingerprint density at radius 3 is 0.966 bits per heavy atom. The molecule has 0 saturated heterocycles. The van der Waals surface area contributed by atoms with Crippen molar-refractivity contribution in [1.82, 2.24) is 0 Å². The van der Waals surface area contributed by atoms with Crippen molar-refractivity contribution in [3.63, 3.8) is 0 Å². The normalized spacial score (nSPS) is 12.9. The fourth-order valence-corrected chi connectivity index (χ4v) is 11.5. The lowest BCUT2D eigenvalue weighted by molar-refractivity contribution is -0.870. The number of rotatable bonds is 72. The highest BCUT2D eigenvalue weighted by Gasteiger charge is 2.22. The van der Waals surface area contributed by atoms with Crippen molar-refractivity contribution >= 4 is 17.9 Å². The first kappa shape index (κ1) is 85.2. The summed E-state index contributed by atoms with van der Waals surface area (Å²) in [7, 11) is 5.95. The molecule has 88 heavy (non-hydrogen) atoms. The number of carbonyl (C=O) groups excluding carboxylic acids is 3. The number of quaternary nitrogens is 1. The van der Waals surface area contributed by atoms with Gasteiger partial charge >= 0.3 is 11.9 Å². The molecule has 0 aliphatic rings. The minimum atomic E-state index is -1.62. The largest absolute Gasteiger partial charge is 0.545 e. The second-order valence-electron chi connectivity index (χ2n) is 27.3. The van der Waals surface area contributed by atoms with Crippen LogP contribution in [0.5, 0.6) is 0 Å². The first-order valence-corrected chi connectivity index (χ1v) is 38.3. The summed E-state index contributed by atoms with van der Waals surface area (Å²) in [6.07, 6.45) is 88.0. The summed E-state index contributed by atoms with van der Waals surface area (Å²) in [6, 6.07) is 0. The number of hydrogen-bond donors (Lipinski definition) is 0. The lowest BCUT2D eigenvalue weighted by Gasteiger charge is -2.26. The molecule has 0 spiro atoms. The van der Waals surface area contributed by atoms with Gasteiger partial charge in [0, 0.05) is 12.8 Å². The number of ether oxygens (including phenoxy) is 4. The molecule has 9 nitrogen and oxygen atoms in total. The Morgan fingerprint density at radius 2 is 0.648 bits per heavy atom. The average Bonchev–Trinajstić information content (AvgIpc) is 3.54. The Kier molecular flexibility index (Phi) is 67.9. The summed E-state index contributed by atoms with van der Waals surface area (Å²) in [4.78, 5) is 37.6. The number of hydrogen-bond acceptors (Lipinski definition) is 8. The summed E-state index contributed by atoms with van der Waals surface area (Å²) in [5.74, 6) is -2.25. The Hall–Kier alpha value is -2.75. The van der Waals surface area contributed by atoms with E-state index in [1.54, 1.807) is 0 Å². The third-order valence-corrected chi connectivity index (χ3v) is 17.3. The minimum Gasteiger partial charge on any atom is -0.545 e. The first-order valence-electron chi connectivity index (χ1n) is 38.3. The number of nitrogens with zero attached hydrogens (tertiary/aromatic N) is 1.